The molecule has 31 heavy (non-hydrogen) atoms. The summed E-state index contributed by atoms with van der Waals surface area (Å²) >= 11 is 0. The van der Waals surface area contributed by atoms with Gasteiger partial charge in [0.1, 0.15) is 5.75 Å². The highest BCUT2D eigenvalue weighted by molar-refractivity contribution is 5.79. The van der Waals surface area contributed by atoms with Crippen molar-refractivity contribution in [2.75, 3.05) is 52.5 Å². The summed E-state index contributed by atoms with van der Waals surface area (Å²) < 4.78 is 11.6. The van der Waals surface area contributed by atoms with Crippen LogP contribution in [0, 0.1) is 17.8 Å². The van der Waals surface area contributed by atoms with E-state index in [-0.39, 0.29) is 5.92 Å². The molecule has 0 unspecified atom stereocenters. The zero-order valence-corrected chi connectivity index (χ0v) is 18.9. The number of carbonyl (C=O) groups excluding carboxylic acids is 1. The van der Waals surface area contributed by atoms with Crippen molar-refractivity contribution >= 4 is 5.91 Å². The van der Waals surface area contributed by atoms with Gasteiger partial charge in [-0.05, 0) is 86.5 Å². The van der Waals surface area contributed by atoms with Crippen LogP contribution in [0.1, 0.15) is 49.7 Å². The Hall–Kier alpha value is -1.59. The van der Waals surface area contributed by atoms with Gasteiger partial charge in [0.25, 0.3) is 0 Å². The lowest BCUT2D eigenvalue weighted by molar-refractivity contribution is -0.140. The van der Waals surface area contributed by atoms with E-state index < -0.39 is 0 Å². The highest BCUT2D eigenvalue weighted by Gasteiger charge is 2.30. The van der Waals surface area contributed by atoms with Crippen molar-refractivity contribution in [1.82, 2.24) is 9.80 Å². The molecule has 2 saturated heterocycles. The van der Waals surface area contributed by atoms with Crippen molar-refractivity contribution in [1.29, 1.82) is 0 Å². The number of hydrogen-bond donors (Lipinski definition) is 0. The lowest BCUT2D eigenvalue weighted by atomic mass is 9.94. The second-order valence-electron chi connectivity index (χ2n) is 10.1. The number of likely N-dealkylation sites (tertiary alicyclic amines) is 1. The summed E-state index contributed by atoms with van der Waals surface area (Å²) in [6, 6.07) is 6.75. The summed E-state index contributed by atoms with van der Waals surface area (Å²) in [5.41, 5.74) is 2.98. The van der Waals surface area contributed by atoms with E-state index in [9.17, 15) is 4.79 Å². The smallest absolute Gasteiger partial charge is 0.225 e. The van der Waals surface area contributed by atoms with Crippen LogP contribution < -0.4 is 4.74 Å². The molecule has 5 nitrogen and oxygen atoms in total. The molecule has 1 amide bonds. The molecule has 0 bridgehead atoms. The van der Waals surface area contributed by atoms with E-state index in [1.165, 1.54) is 50.0 Å². The molecule has 3 heterocycles. The molecule has 0 aromatic heterocycles. The molecule has 0 N–H and O–H groups in total. The largest absolute Gasteiger partial charge is 0.493 e. The Morgan fingerprint density at radius 2 is 1.65 bits per heavy atom. The van der Waals surface area contributed by atoms with Gasteiger partial charge in [-0.2, -0.15) is 0 Å². The maximum absolute atomic E-state index is 12.7. The van der Waals surface area contributed by atoms with Gasteiger partial charge >= 0.3 is 0 Å². The predicted octanol–water partition coefficient (Wildman–Crippen LogP) is 3.54. The maximum Gasteiger partial charge on any atom is 0.225 e. The summed E-state index contributed by atoms with van der Waals surface area (Å²) in [7, 11) is 0. The van der Waals surface area contributed by atoms with Crippen LogP contribution in [0.4, 0.5) is 0 Å². The number of nitrogens with zero attached hydrogens (tertiary/aromatic N) is 2. The topological polar surface area (TPSA) is 42.0 Å². The highest BCUT2D eigenvalue weighted by Crippen LogP contribution is 2.31. The first-order chi connectivity index (χ1) is 15.2. The monoisotopic (exact) mass is 426 g/mol. The first-order valence-corrected chi connectivity index (χ1v) is 12.6. The number of piperidine rings is 1. The minimum atomic E-state index is 0.182. The highest BCUT2D eigenvalue weighted by atomic mass is 16.5. The van der Waals surface area contributed by atoms with Gasteiger partial charge in [0, 0.05) is 51.9 Å². The lowest BCUT2D eigenvalue weighted by Crippen LogP contribution is -2.43. The van der Waals surface area contributed by atoms with Gasteiger partial charge in [0.2, 0.25) is 5.91 Å². The van der Waals surface area contributed by atoms with Crippen molar-refractivity contribution in [2.45, 2.75) is 51.4 Å². The van der Waals surface area contributed by atoms with Gasteiger partial charge in [0.05, 0.1) is 6.61 Å². The molecule has 1 aromatic carbocycles. The van der Waals surface area contributed by atoms with Gasteiger partial charge in [-0.15, -0.1) is 0 Å². The molecule has 170 valence electrons. The molecule has 1 saturated carbocycles. The van der Waals surface area contributed by atoms with Crippen LogP contribution in [0.2, 0.25) is 0 Å². The van der Waals surface area contributed by atoms with Crippen molar-refractivity contribution < 1.29 is 14.3 Å². The van der Waals surface area contributed by atoms with Crippen molar-refractivity contribution in [3.8, 4) is 5.75 Å². The van der Waals surface area contributed by atoms with Crippen molar-refractivity contribution in [2.24, 2.45) is 17.8 Å². The van der Waals surface area contributed by atoms with E-state index in [1.54, 1.807) is 0 Å². The fourth-order valence-electron chi connectivity index (χ4n) is 5.42. The molecular formula is C26H38N2O3. The number of rotatable bonds is 6. The Morgan fingerprint density at radius 3 is 2.39 bits per heavy atom. The minimum absolute atomic E-state index is 0.182. The molecule has 5 rings (SSSR count). The Morgan fingerprint density at radius 1 is 0.903 bits per heavy atom. The average Bonchev–Trinajstić information content (AvgIpc) is 3.66. The fourth-order valence-corrected chi connectivity index (χ4v) is 5.42. The second kappa shape index (κ2) is 9.91. The summed E-state index contributed by atoms with van der Waals surface area (Å²) in [5.74, 6) is 3.07. The van der Waals surface area contributed by atoms with Crippen molar-refractivity contribution in [3.63, 3.8) is 0 Å². The quantitative estimate of drug-likeness (QED) is 0.698. The molecule has 0 spiro atoms. The van der Waals surface area contributed by atoms with Crippen molar-refractivity contribution in [3.05, 3.63) is 29.3 Å². The molecule has 0 radical (unpaired) electrons. The van der Waals surface area contributed by atoms with E-state index in [2.05, 4.69) is 28.0 Å². The van der Waals surface area contributed by atoms with E-state index in [0.29, 0.717) is 11.8 Å². The summed E-state index contributed by atoms with van der Waals surface area (Å²) in [5, 5.41) is 0. The van der Waals surface area contributed by atoms with E-state index >= 15 is 0 Å². The van der Waals surface area contributed by atoms with Crippen LogP contribution >= 0.6 is 0 Å². The number of hydrogen-bond acceptors (Lipinski definition) is 4. The van der Waals surface area contributed by atoms with E-state index in [0.717, 1.165) is 76.7 Å². The predicted molar refractivity (Wildman–Crippen MR) is 121 cm³/mol. The Kier molecular flexibility index (Phi) is 6.80. The van der Waals surface area contributed by atoms with Crippen LogP contribution in [0.25, 0.3) is 0 Å². The van der Waals surface area contributed by atoms with E-state index in [4.69, 9.17) is 9.47 Å². The molecule has 1 aliphatic carbocycles. The summed E-state index contributed by atoms with van der Waals surface area (Å²) in [4.78, 5) is 17.5. The van der Waals surface area contributed by atoms with Crippen LogP contribution in [-0.4, -0.2) is 68.3 Å². The molecule has 3 fully saturated rings. The zero-order chi connectivity index (χ0) is 21.0. The normalized spacial score (nSPS) is 23.9. The second-order valence-corrected chi connectivity index (χ2v) is 10.1. The maximum atomic E-state index is 12.7. The zero-order valence-electron chi connectivity index (χ0n) is 18.9. The van der Waals surface area contributed by atoms with Crippen LogP contribution in [0.15, 0.2) is 18.2 Å². The Labute approximate surface area is 187 Å². The Bertz CT molecular complexity index is 749. The lowest BCUT2D eigenvalue weighted by Gasteiger charge is -2.35. The number of ether oxygens (including phenoxy) is 2. The first kappa shape index (κ1) is 21.3. The molecule has 3 aliphatic heterocycles. The summed E-state index contributed by atoms with van der Waals surface area (Å²) in [6.07, 6.45) is 9.06. The van der Waals surface area contributed by atoms with Crippen LogP contribution in [-0.2, 0) is 22.4 Å². The Balaban J connectivity index is 1.07. The third-order valence-electron chi connectivity index (χ3n) is 7.77. The van der Waals surface area contributed by atoms with Gasteiger partial charge in [-0.25, -0.2) is 0 Å². The number of benzene rings is 1. The fraction of sp³-hybridized carbons (Fsp3) is 0.731. The number of fused-ring (bicyclic) bond motifs is 1. The molecular weight excluding hydrogens is 388 g/mol. The van der Waals surface area contributed by atoms with Gasteiger partial charge in [0.15, 0.2) is 0 Å². The van der Waals surface area contributed by atoms with Gasteiger partial charge < -0.3 is 19.3 Å². The van der Waals surface area contributed by atoms with Gasteiger partial charge in [-0.3, -0.25) is 4.79 Å². The molecule has 1 aromatic rings. The van der Waals surface area contributed by atoms with E-state index in [1.807, 2.05) is 0 Å². The average molecular weight is 427 g/mol. The minimum Gasteiger partial charge on any atom is -0.493 e. The molecule has 4 aliphatic rings. The third kappa shape index (κ3) is 5.61. The van der Waals surface area contributed by atoms with Gasteiger partial charge in [-0.1, -0.05) is 6.07 Å². The SMILES string of the molecule is O=C(C1CCOCC1)N1CCC(COc2ccc3c(c2)CCN(CC2CC2)CC3)CC1. The van der Waals surface area contributed by atoms with Crippen LogP contribution in [0.5, 0.6) is 5.75 Å². The molecule has 0 atom stereocenters. The third-order valence-corrected chi connectivity index (χ3v) is 7.77. The van der Waals surface area contributed by atoms with Crippen LogP contribution in [0.3, 0.4) is 0 Å². The summed E-state index contributed by atoms with van der Waals surface area (Å²) in [6.45, 7) is 7.69. The first-order valence-electron chi connectivity index (χ1n) is 12.6. The number of carbonyl (C=O) groups is 1. The number of amides is 1. The molecule has 5 heteroatoms. The standard InChI is InChI=1S/C26H38N2O3/c29-26(23-9-15-30-16-10-23)28-13-5-21(6-14-28)19-31-25-4-3-22-7-11-27(18-20-1-2-20)12-8-24(22)17-25/h3-4,17,20-21,23H,1-2,5-16,18-19H2.